The molecule has 0 amide bonds. The Labute approximate surface area is 177 Å². The third kappa shape index (κ3) is 6.51. The van der Waals surface area contributed by atoms with Crippen LogP contribution in [0.25, 0.3) is 5.70 Å². The van der Waals surface area contributed by atoms with Gasteiger partial charge in [-0.2, -0.15) is 5.26 Å². The van der Waals surface area contributed by atoms with Crippen LogP contribution in [-0.2, 0) is 6.42 Å². The highest BCUT2D eigenvalue weighted by atomic mass is 16.5. The largest absolute Gasteiger partial charge is 0.470 e. The average Bonchev–Trinajstić information content (AvgIpc) is 2.78. The van der Waals surface area contributed by atoms with Crippen molar-refractivity contribution in [3.05, 3.63) is 72.1 Å². The number of pyridine rings is 1. The van der Waals surface area contributed by atoms with Crippen molar-refractivity contribution in [3.8, 4) is 11.9 Å². The van der Waals surface area contributed by atoms with E-state index in [0.717, 1.165) is 24.2 Å². The van der Waals surface area contributed by atoms with Crippen LogP contribution in [-0.4, -0.2) is 30.7 Å². The van der Waals surface area contributed by atoms with Gasteiger partial charge >= 0.3 is 0 Å². The Bertz CT molecular complexity index is 887. The number of allylic oxidation sites excluding steroid dienone is 1. The highest BCUT2D eigenvalue weighted by Crippen LogP contribution is 2.28. The standard InChI is InChI=1S/C19H23N7O.C3H6/c20-8-14-3-1-13(2-4-14)5-6-23-11-16-12-24-17-7-15(18(9-21)26-22)10-25-19(17)27-16;1-3-2/h1-4,7,9-10,16,23-24,26H,5-6,11-12,21-22H2;3H,1H2,2H3/b18-9-;. The number of hydrazine groups is 1. The fraction of sp³-hybridized carbons (Fsp3) is 0.273. The first-order valence-corrected chi connectivity index (χ1v) is 9.71. The molecular weight excluding hydrogens is 378 g/mol. The molecule has 0 spiro atoms. The van der Waals surface area contributed by atoms with Crippen LogP contribution < -0.4 is 32.4 Å². The van der Waals surface area contributed by atoms with Gasteiger partial charge in [0.25, 0.3) is 0 Å². The first-order chi connectivity index (χ1) is 14.6. The van der Waals surface area contributed by atoms with Crippen LogP contribution >= 0.6 is 0 Å². The number of hydrogen-bond donors (Lipinski definition) is 5. The molecule has 2 aromatic rings. The summed E-state index contributed by atoms with van der Waals surface area (Å²) in [6.45, 7) is 7.47. The number of nitrogens with zero attached hydrogens (tertiary/aromatic N) is 2. The highest BCUT2D eigenvalue weighted by molar-refractivity contribution is 5.68. The monoisotopic (exact) mass is 407 g/mol. The second-order valence-corrected chi connectivity index (χ2v) is 6.59. The van der Waals surface area contributed by atoms with Gasteiger partial charge in [0.15, 0.2) is 0 Å². The highest BCUT2D eigenvalue weighted by Gasteiger charge is 2.20. The number of rotatable bonds is 7. The van der Waals surface area contributed by atoms with Crippen molar-refractivity contribution in [3.63, 3.8) is 0 Å². The van der Waals surface area contributed by atoms with Gasteiger partial charge in [0, 0.05) is 24.5 Å². The van der Waals surface area contributed by atoms with Crippen molar-refractivity contribution in [2.75, 3.05) is 25.0 Å². The lowest BCUT2D eigenvalue weighted by molar-refractivity contribution is 0.194. The molecule has 7 N–H and O–H groups in total. The fourth-order valence-corrected chi connectivity index (χ4v) is 2.83. The quantitative estimate of drug-likeness (QED) is 0.203. The molecule has 0 saturated heterocycles. The normalized spacial score (nSPS) is 14.7. The first kappa shape index (κ1) is 22.7. The van der Waals surface area contributed by atoms with Gasteiger partial charge in [-0.3, -0.25) is 5.84 Å². The maximum atomic E-state index is 8.82. The summed E-state index contributed by atoms with van der Waals surface area (Å²) < 4.78 is 5.94. The molecular formula is C22H29N7O. The summed E-state index contributed by atoms with van der Waals surface area (Å²) in [4.78, 5) is 4.35. The predicted molar refractivity (Wildman–Crippen MR) is 120 cm³/mol. The van der Waals surface area contributed by atoms with E-state index in [1.165, 1.54) is 11.8 Å². The zero-order valence-corrected chi connectivity index (χ0v) is 17.2. The second kappa shape index (κ2) is 12.1. The van der Waals surface area contributed by atoms with E-state index in [1.807, 2.05) is 37.3 Å². The Morgan fingerprint density at radius 3 is 2.80 bits per heavy atom. The molecule has 1 atom stereocenters. The molecule has 0 fully saturated rings. The molecule has 0 saturated carbocycles. The van der Waals surface area contributed by atoms with Gasteiger partial charge in [-0.25, -0.2) is 4.98 Å². The van der Waals surface area contributed by atoms with Gasteiger partial charge in [0.2, 0.25) is 5.88 Å². The van der Waals surface area contributed by atoms with Crippen LogP contribution in [0.4, 0.5) is 5.69 Å². The lowest BCUT2D eigenvalue weighted by atomic mass is 10.1. The minimum absolute atomic E-state index is 0.00558. The Morgan fingerprint density at radius 1 is 1.43 bits per heavy atom. The zero-order valence-electron chi connectivity index (χ0n) is 17.2. The number of nitriles is 1. The minimum atomic E-state index is -0.00558. The lowest BCUT2D eigenvalue weighted by Crippen LogP contribution is -2.40. The molecule has 0 radical (unpaired) electrons. The molecule has 3 rings (SSSR count). The Kier molecular flexibility index (Phi) is 9.18. The number of anilines is 1. The Morgan fingerprint density at radius 2 is 2.17 bits per heavy atom. The molecule has 8 nitrogen and oxygen atoms in total. The molecule has 1 aromatic carbocycles. The maximum Gasteiger partial charge on any atom is 0.237 e. The van der Waals surface area contributed by atoms with Gasteiger partial charge in [0.05, 0.1) is 29.6 Å². The molecule has 1 aliphatic rings. The number of nitrogens with one attached hydrogen (secondary N) is 3. The Hall–Kier alpha value is -3.54. The summed E-state index contributed by atoms with van der Waals surface area (Å²) in [7, 11) is 0. The van der Waals surface area contributed by atoms with Gasteiger partial charge in [0.1, 0.15) is 6.10 Å². The van der Waals surface area contributed by atoms with E-state index < -0.39 is 0 Å². The number of aromatic nitrogens is 1. The molecule has 8 heteroatoms. The average molecular weight is 408 g/mol. The van der Waals surface area contributed by atoms with E-state index in [2.05, 4.69) is 33.7 Å². The van der Waals surface area contributed by atoms with E-state index in [0.29, 0.717) is 30.2 Å². The van der Waals surface area contributed by atoms with E-state index in [4.69, 9.17) is 21.6 Å². The van der Waals surface area contributed by atoms with Gasteiger partial charge in [-0.15, -0.1) is 6.58 Å². The van der Waals surface area contributed by atoms with Crippen molar-refractivity contribution < 1.29 is 4.74 Å². The van der Waals surface area contributed by atoms with E-state index in [-0.39, 0.29) is 6.10 Å². The topological polar surface area (TPSA) is 134 Å². The number of hydrogen-bond acceptors (Lipinski definition) is 8. The summed E-state index contributed by atoms with van der Waals surface area (Å²) >= 11 is 0. The molecule has 1 unspecified atom stereocenters. The molecule has 0 aliphatic carbocycles. The van der Waals surface area contributed by atoms with Crippen molar-refractivity contribution >= 4 is 11.4 Å². The molecule has 30 heavy (non-hydrogen) atoms. The predicted octanol–water partition coefficient (Wildman–Crippen LogP) is 1.87. The number of fused-ring (bicyclic) bond motifs is 1. The number of ether oxygens (including phenoxy) is 1. The van der Waals surface area contributed by atoms with Crippen molar-refractivity contribution in [1.82, 2.24) is 15.7 Å². The van der Waals surface area contributed by atoms with Gasteiger partial charge < -0.3 is 26.5 Å². The van der Waals surface area contributed by atoms with Crippen molar-refractivity contribution in [2.24, 2.45) is 11.6 Å². The van der Waals surface area contributed by atoms with Crippen LogP contribution in [0.15, 0.2) is 55.4 Å². The van der Waals surface area contributed by atoms with Crippen molar-refractivity contribution in [1.29, 1.82) is 5.26 Å². The number of benzene rings is 1. The summed E-state index contributed by atoms with van der Waals surface area (Å²) in [6, 6.07) is 11.7. The molecule has 1 aliphatic heterocycles. The van der Waals surface area contributed by atoms with Crippen LogP contribution in [0.2, 0.25) is 0 Å². The van der Waals surface area contributed by atoms with Crippen LogP contribution in [0, 0.1) is 11.3 Å². The maximum absolute atomic E-state index is 8.82. The first-order valence-electron chi connectivity index (χ1n) is 9.71. The third-order valence-electron chi connectivity index (χ3n) is 4.33. The number of nitrogens with two attached hydrogens (primary N) is 2. The van der Waals surface area contributed by atoms with Crippen LogP contribution in [0.1, 0.15) is 23.6 Å². The summed E-state index contributed by atoms with van der Waals surface area (Å²) in [5, 5.41) is 15.6. The lowest BCUT2D eigenvalue weighted by Gasteiger charge is -2.27. The minimum Gasteiger partial charge on any atom is -0.470 e. The Balaban J connectivity index is 0.00000101. The molecule has 2 heterocycles. The summed E-state index contributed by atoms with van der Waals surface area (Å²) in [5.74, 6) is 6.00. The smallest absolute Gasteiger partial charge is 0.237 e. The van der Waals surface area contributed by atoms with Gasteiger partial charge in [-0.05, 0) is 43.7 Å². The van der Waals surface area contributed by atoms with Crippen LogP contribution in [0.3, 0.4) is 0 Å². The molecule has 1 aromatic heterocycles. The molecule has 158 valence electrons. The SMILES string of the molecule is C=CC.N#Cc1ccc(CCNCC2CNc3cc(/C(=C/N)NN)cnc3O2)cc1. The fourth-order valence-electron chi connectivity index (χ4n) is 2.83. The third-order valence-corrected chi connectivity index (χ3v) is 4.33. The van der Waals surface area contributed by atoms with Crippen LogP contribution in [0.5, 0.6) is 5.88 Å². The van der Waals surface area contributed by atoms with Gasteiger partial charge in [-0.1, -0.05) is 18.2 Å². The van der Waals surface area contributed by atoms with E-state index >= 15 is 0 Å². The second-order valence-electron chi connectivity index (χ2n) is 6.59. The van der Waals surface area contributed by atoms with E-state index in [1.54, 1.807) is 12.3 Å². The van der Waals surface area contributed by atoms with E-state index in [9.17, 15) is 0 Å². The molecule has 0 bridgehead atoms. The zero-order chi connectivity index (χ0) is 21.8. The van der Waals surface area contributed by atoms with Crippen molar-refractivity contribution in [2.45, 2.75) is 19.4 Å². The summed E-state index contributed by atoms with van der Waals surface area (Å²) in [6.07, 6.45) is 5.70. The summed E-state index contributed by atoms with van der Waals surface area (Å²) in [5.41, 5.74) is 12.1.